The molecule has 0 aromatic rings. The largest absolute Gasteiger partial charge is 0.285 e. The van der Waals surface area contributed by atoms with Gasteiger partial charge in [-0.3, -0.25) is 4.90 Å². The SMILES string of the molecule is CC(C)N1CC=[N+](C(C)C)CC1. The van der Waals surface area contributed by atoms with Gasteiger partial charge in [-0.2, -0.15) is 0 Å². The van der Waals surface area contributed by atoms with Gasteiger partial charge in [-0.25, -0.2) is 4.58 Å². The van der Waals surface area contributed by atoms with Gasteiger partial charge in [0.1, 0.15) is 6.04 Å². The lowest BCUT2D eigenvalue weighted by atomic mass is 10.2. The first kappa shape index (κ1) is 9.72. The Morgan fingerprint density at radius 1 is 1.25 bits per heavy atom. The van der Waals surface area contributed by atoms with Crippen LogP contribution in [0, 0.1) is 0 Å². The van der Waals surface area contributed by atoms with Gasteiger partial charge in [-0.1, -0.05) is 0 Å². The van der Waals surface area contributed by atoms with Crippen LogP contribution < -0.4 is 0 Å². The molecule has 0 unspecified atom stereocenters. The van der Waals surface area contributed by atoms with Gasteiger partial charge in [0.15, 0.2) is 12.8 Å². The monoisotopic (exact) mass is 169 g/mol. The van der Waals surface area contributed by atoms with Crippen LogP contribution in [-0.4, -0.2) is 47.4 Å². The third-order valence-corrected chi connectivity index (χ3v) is 2.59. The topological polar surface area (TPSA) is 6.25 Å². The van der Waals surface area contributed by atoms with Crippen LogP contribution in [0.4, 0.5) is 0 Å². The van der Waals surface area contributed by atoms with Crippen molar-refractivity contribution in [2.75, 3.05) is 19.6 Å². The molecule has 0 aromatic heterocycles. The third kappa shape index (κ3) is 2.31. The van der Waals surface area contributed by atoms with Crippen LogP contribution in [0.3, 0.4) is 0 Å². The van der Waals surface area contributed by atoms with E-state index in [0.717, 1.165) is 6.54 Å². The molecule has 1 heterocycles. The summed E-state index contributed by atoms with van der Waals surface area (Å²) in [6, 6.07) is 1.36. The van der Waals surface area contributed by atoms with Crippen molar-refractivity contribution < 1.29 is 4.58 Å². The first-order valence-corrected chi connectivity index (χ1v) is 4.94. The van der Waals surface area contributed by atoms with Crippen LogP contribution in [0.15, 0.2) is 0 Å². The zero-order chi connectivity index (χ0) is 9.14. The molecule has 0 fully saturated rings. The maximum absolute atomic E-state index is 2.50. The Labute approximate surface area is 75.9 Å². The Hall–Kier alpha value is -0.370. The van der Waals surface area contributed by atoms with E-state index in [1.807, 2.05) is 0 Å². The number of hydrogen-bond donors (Lipinski definition) is 0. The average Bonchev–Trinajstić information content (AvgIpc) is 2.04. The van der Waals surface area contributed by atoms with E-state index in [2.05, 4.69) is 43.4 Å². The molecule has 0 saturated carbocycles. The van der Waals surface area contributed by atoms with E-state index >= 15 is 0 Å². The molecular formula is C10H21N2+. The van der Waals surface area contributed by atoms with E-state index in [1.54, 1.807) is 0 Å². The van der Waals surface area contributed by atoms with Crippen LogP contribution in [0.2, 0.25) is 0 Å². The fraction of sp³-hybridized carbons (Fsp3) is 0.900. The molecule has 1 aliphatic heterocycles. The van der Waals surface area contributed by atoms with Gasteiger partial charge in [-0.05, 0) is 27.7 Å². The molecule has 1 aliphatic rings. The molecule has 0 spiro atoms. The van der Waals surface area contributed by atoms with Gasteiger partial charge in [0, 0.05) is 6.04 Å². The lowest BCUT2D eigenvalue weighted by Crippen LogP contribution is -2.44. The summed E-state index contributed by atoms with van der Waals surface area (Å²) in [4.78, 5) is 2.50. The second-order valence-electron chi connectivity index (χ2n) is 4.10. The highest BCUT2D eigenvalue weighted by Crippen LogP contribution is 2.01. The maximum Gasteiger partial charge on any atom is 0.155 e. The van der Waals surface area contributed by atoms with Crippen molar-refractivity contribution in [3.8, 4) is 0 Å². The Kier molecular flexibility index (Phi) is 3.27. The quantitative estimate of drug-likeness (QED) is 0.563. The summed E-state index contributed by atoms with van der Waals surface area (Å²) in [5.41, 5.74) is 0. The molecule has 70 valence electrons. The molecule has 0 amide bonds. The molecule has 0 aliphatic carbocycles. The summed E-state index contributed by atoms with van der Waals surface area (Å²) in [6.45, 7) is 12.6. The highest BCUT2D eigenvalue weighted by molar-refractivity contribution is 5.54. The van der Waals surface area contributed by atoms with Gasteiger partial charge >= 0.3 is 0 Å². The second-order valence-corrected chi connectivity index (χ2v) is 4.10. The minimum Gasteiger partial charge on any atom is -0.285 e. The minimum atomic E-state index is 0.666. The normalized spacial score (nSPS) is 20.3. The van der Waals surface area contributed by atoms with Crippen molar-refractivity contribution in [3.05, 3.63) is 0 Å². The molecule has 2 nitrogen and oxygen atoms in total. The molecule has 2 heteroatoms. The van der Waals surface area contributed by atoms with Gasteiger partial charge in [-0.15, -0.1) is 0 Å². The van der Waals surface area contributed by atoms with Crippen LogP contribution in [-0.2, 0) is 0 Å². The van der Waals surface area contributed by atoms with Gasteiger partial charge in [0.2, 0.25) is 0 Å². The Bertz CT molecular complexity index is 171. The molecule has 1 rings (SSSR count). The number of rotatable bonds is 2. The zero-order valence-corrected chi connectivity index (χ0v) is 8.75. The van der Waals surface area contributed by atoms with Crippen molar-refractivity contribution in [3.63, 3.8) is 0 Å². The Balaban J connectivity index is 2.47. The van der Waals surface area contributed by atoms with Crippen molar-refractivity contribution in [1.82, 2.24) is 4.90 Å². The maximum atomic E-state index is 2.50. The fourth-order valence-electron chi connectivity index (χ4n) is 1.57. The second kappa shape index (κ2) is 4.04. The molecule has 12 heavy (non-hydrogen) atoms. The zero-order valence-electron chi connectivity index (χ0n) is 8.75. The predicted molar refractivity (Wildman–Crippen MR) is 53.0 cm³/mol. The van der Waals surface area contributed by atoms with E-state index < -0.39 is 0 Å². The number of hydrogen-bond acceptors (Lipinski definition) is 1. The first-order chi connectivity index (χ1) is 5.61. The molecular weight excluding hydrogens is 148 g/mol. The van der Waals surface area contributed by atoms with E-state index in [0.29, 0.717) is 12.1 Å². The van der Waals surface area contributed by atoms with E-state index in [-0.39, 0.29) is 0 Å². The fourth-order valence-corrected chi connectivity index (χ4v) is 1.57. The van der Waals surface area contributed by atoms with E-state index in [1.165, 1.54) is 13.1 Å². The molecule has 0 atom stereocenters. The summed E-state index contributed by atoms with van der Waals surface area (Å²) in [6.07, 6.45) is 2.33. The van der Waals surface area contributed by atoms with Gasteiger partial charge < -0.3 is 0 Å². The predicted octanol–water partition coefficient (Wildman–Crippen LogP) is 1.20. The molecule has 0 saturated heterocycles. The summed E-state index contributed by atoms with van der Waals surface area (Å²) in [5.74, 6) is 0. The van der Waals surface area contributed by atoms with Crippen LogP contribution in [0.5, 0.6) is 0 Å². The minimum absolute atomic E-state index is 0.666. The van der Waals surface area contributed by atoms with Crippen molar-refractivity contribution >= 4 is 6.21 Å². The third-order valence-electron chi connectivity index (χ3n) is 2.59. The average molecular weight is 169 g/mol. The van der Waals surface area contributed by atoms with Gasteiger partial charge in [0.25, 0.3) is 0 Å². The Morgan fingerprint density at radius 3 is 2.25 bits per heavy atom. The molecule has 0 aromatic carbocycles. The van der Waals surface area contributed by atoms with E-state index in [9.17, 15) is 0 Å². The van der Waals surface area contributed by atoms with E-state index in [4.69, 9.17) is 0 Å². The standard InChI is InChI=1S/C10H21N2/c1-9(2)11-5-7-12(8-6-11)10(3)4/h5,9-10H,6-8H2,1-4H3/q+1. The van der Waals surface area contributed by atoms with Gasteiger partial charge in [0.05, 0.1) is 13.1 Å². The lowest BCUT2D eigenvalue weighted by Gasteiger charge is -2.27. The molecule has 0 N–H and O–H groups in total. The van der Waals surface area contributed by atoms with Crippen molar-refractivity contribution in [2.45, 2.75) is 39.8 Å². The van der Waals surface area contributed by atoms with Crippen molar-refractivity contribution in [1.29, 1.82) is 0 Å². The summed E-state index contributed by atoms with van der Waals surface area (Å²) < 4.78 is 2.43. The van der Waals surface area contributed by atoms with Crippen molar-refractivity contribution in [2.24, 2.45) is 0 Å². The highest BCUT2D eigenvalue weighted by Gasteiger charge is 2.19. The van der Waals surface area contributed by atoms with Crippen LogP contribution in [0.1, 0.15) is 27.7 Å². The van der Waals surface area contributed by atoms with Crippen LogP contribution in [0.25, 0.3) is 0 Å². The smallest absolute Gasteiger partial charge is 0.155 e. The summed E-state index contributed by atoms with van der Waals surface area (Å²) in [7, 11) is 0. The lowest BCUT2D eigenvalue weighted by molar-refractivity contribution is -0.559. The summed E-state index contributed by atoms with van der Waals surface area (Å²) >= 11 is 0. The van der Waals surface area contributed by atoms with Crippen LogP contribution >= 0.6 is 0 Å². The summed E-state index contributed by atoms with van der Waals surface area (Å²) in [5, 5.41) is 0. The first-order valence-electron chi connectivity index (χ1n) is 4.94. The highest BCUT2D eigenvalue weighted by atomic mass is 15.2. The molecule has 0 bridgehead atoms. The Morgan fingerprint density at radius 2 is 1.92 bits per heavy atom. The molecule has 0 radical (unpaired) electrons. The number of nitrogens with zero attached hydrogens (tertiary/aromatic N) is 2.